The number of hydrogen-bond donors (Lipinski definition) is 3. The van der Waals surface area contributed by atoms with Crippen LogP contribution >= 0.6 is 12.4 Å². The first-order valence-corrected chi connectivity index (χ1v) is 6.52. The average Bonchev–Trinajstić information content (AvgIpc) is 2.27. The molecular formula is C14H21ClN2O2. The second-order valence-electron chi connectivity index (χ2n) is 4.91. The number of nitrogens with two attached hydrogens (primary N) is 1. The first-order chi connectivity index (χ1) is 8.66. The summed E-state index contributed by atoms with van der Waals surface area (Å²) < 4.78 is 0. The van der Waals surface area contributed by atoms with E-state index in [2.05, 4.69) is 5.32 Å². The van der Waals surface area contributed by atoms with Gasteiger partial charge < -0.3 is 16.2 Å². The average molecular weight is 285 g/mol. The van der Waals surface area contributed by atoms with Crippen LogP contribution in [0.1, 0.15) is 37.7 Å². The number of amides is 1. The molecule has 0 aliphatic heterocycles. The van der Waals surface area contributed by atoms with Gasteiger partial charge in [-0.3, -0.25) is 4.79 Å². The summed E-state index contributed by atoms with van der Waals surface area (Å²) in [6.45, 7) is 0. The zero-order valence-electron chi connectivity index (χ0n) is 10.9. The Morgan fingerprint density at radius 2 is 2.16 bits per heavy atom. The van der Waals surface area contributed by atoms with Crippen molar-refractivity contribution in [2.45, 2.75) is 44.6 Å². The number of phenols is 1. The number of para-hydroxylation sites is 1. The van der Waals surface area contributed by atoms with Crippen LogP contribution in [-0.2, 0) is 11.2 Å². The molecule has 1 aliphatic rings. The molecule has 1 aromatic carbocycles. The van der Waals surface area contributed by atoms with Gasteiger partial charge in [0.25, 0.3) is 0 Å². The largest absolute Gasteiger partial charge is 0.505 e. The second kappa shape index (κ2) is 7.24. The molecule has 0 aromatic heterocycles. The third-order valence-corrected chi connectivity index (χ3v) is 3.45. The molecule has 2 rings (SSSR count). The fourth-order valence-corrected chi connectivity index (χ4v) is 2.14. The zero-order chi connectivity index (χ0) is 13.0. The van der Waals surface area contributed by atoms with Gasteiger partial charge in [-0.1, -0.05) is 12.1 Å². The van der Waals surface area contributed by atoms with Crippen LogP contribution < -0.4 is 11.1 Å². The van der Waals surface area contributed by atoms with Gasteiger partial charge in [0.15, 0.2) is 0 Å². The fraction of sp³-hybridized carbons (Fsp3) is 0.500. The minimum Gasteiger partial charge on any atom is -0.505 e. The van der Waals surface area contributed by atoms with E-state index >= 15 is 0 Å². The lowest BCUT2D eigenvalue weighted by atomic mass is 9.92. The summed E-state index contributed by atoms with van der Waals surface area (Å²) in [6.07, 6.45) is 5.32. The summed E-state index contributed by atoms with van der Waals surface area (Å²) in [4.78, 5) is 10.7. The SMILES string of the molecule is Cl.NC(=O)CCCc1cccc(NC2CCC2)c1O. The van der Waals surface area contributed by atoms with Gasteiger partial charge in [-0.2, -0.15) is 0 Å². The topological polar surface area (TPSA) is 75.4 Å². The molecule has 19 heavy (non-hydrogen) atoms. The lowest BCUT2D eigenvalue weighted by Crippen LogP contribution is -2.27. The van der Waals surface area contributed by atoms with Crippen LogP contribution in [0, 0.1) is 0 Å². The fourth-order valence-electron chi connectivity index (χ4n) is 2.14. The van der Waals surface area contributed by atoms with Crippen LogP contribution in [-0.4, -0.2) is 17.1 Å². The molecule has 5 heteroatoms. The van der Waals surface area contributed by atoms with E-state index in [9.17, 15) is 9.90 Å². The number of anilines is 1. The van der Waals surface area contributed by atoms with Gasteiger partial charge in [-0.25, -0.2) is 0 Å². The maximum absolute atomic E-state index is 10.7. The van der Waals surface area contributed by atoms with Gasteiger partial charge in [0.05, 0.1) is 5.69 Å². The van der Waals surface area contributed by atoms with E-state index in [1.54, 1.807) is 0 Å². The Hall–Kier alpha value is -1.42. The molecule has 1 aromatic rings. The highest BCUT2D eigenvalue weighted by Gasteiger charge is 2.18. The third-order valence-electron chi connectivity index (χ3n) is 3.45. The Morgan fingerprint density at radius 1 is 1.42 bits per heavy atom. The molecule has 0 bridgehead atoms. The van der Waals surface area contributed by atoms with Gasteiger partial charge in [0.1, 0.15) is 5.75 Å². The number of carbonyl (C=O) groups is 1. The summed E-state index contributed by atoms with van der Waals surface area (Å²) in [5.74, 6) is 0.0205. The monoisotopic (exact) mass is 284 g/mol. The van der Waals surface area contributed by atoms with Gasteiger partial charge in [-0.05, 0) is 43.7 Å². The third kappa shape index (κ3) is 4.31. The summed E-state index contributed by atoms with van der Waals surface area (Å²) in [5.41, 5.74) is 6.78. The van der Waals surface area contributed by atoms with Gasteiger partial charge in [0, 0.05) is 12.5 Å². The first kappa shape index (κ1) is 15.6. The van der Waals surface area contributed by atoms with E-state index in [1.807, 2.05) is 18.2 Å². The van der Waals surface area contributed by atoms with E-state index in [4.69, 9.17) is 5.73 Å². The number of carbonyl (C=O) groups excluding carboxylic acids is 1. The number of phenolic OH excluding ortho intramolecular Hbond substituents is 1. The first-order valence-electron chi connectivity index (χ1n) is 6.52. The number of benzene rings is 1. The Morgan fingerprint density at radius 3 is 2.74 bits per heavy atom. The molecule has 4 nitrogen and oxygen atoms in total. The van der Waals surface area contributed by atoms with Crippen LogP contribution in [0.3, 0.4) is 0 Å². The number of halogens is 1. The number of hydrogen-bond acceptors (Lipinski definition) is 3. The van der Waals surface area contributed by atoms with Crippen LogP contribution in [0.5, 0.6) is 5.75 Å². The molecule has 0 spiro atoms. The molecule has 0 heterocycles. The number of rotatable bonds is 6. The molecule has 0 radical (unpaired) electrons. The lowest BCUT2D eigenvalue weighted by molar-refractivity contribution is -0.118. The van der Waals surface area contributed by atoms with Gasteiger partial charge in [0.2, 0.25) is 5.91 Å². The summed E-state index contributed by atoms with van der Waals surface area (Å²) in [5, 5.41) is 13.5. The van der Waals surface area contributed by atoms with Crippen LogP contribution in [0.2, 0.25) is 0 Å². The van der Waals surface area contributed by atoms with Crippen molar-refractivity contribution in [1.29, 1.82) is 0 Å². The predicted octanol–water partition coefficient (Wildman–Crippen LogP) is 2.59. The molecule has 1 saturated carbocycles. The van der Waals surface area contributed by atoms with Crippen molar-refractivity contribution < 1.29 is 9.90 Å². The minimum absolute atomic E-state index is 0. The Bertz CT molecular complexity index is 433. The molecule has 0 atom stereocenters. The van der Waals surface area contributed by atoms with E-state index in [-0.39, 0.29) is 18.3 Å². The number of aromatic hydroxyl groups is 1. The van der Waals surface area contributed by atoms with E-state index in [0.29, 0.717) is 31.1 Å². The molecule has 1 amide bonds. The predicted molar refractivity (Wildman–Crippen MR) is 78.7 cm³/mol. The smallest absolute Gasteiger partial charge is 0.217 e. The van der Waals surface area contributed by atoms with Crippen LogP contribution in [0.4, 0.5) is 5.69 Å². The van der Waals surface area contributed by atoms with Crippen LogP contribution in [0.25, 0.3) is 0 Å². The Labute approximate surface area is 119 Å². The molecule has 4 N–H and O–H groups in total. The maximum Gasteiger partial charge on any atom is 0.217 e. The van der Waals surface area contributed by atoms with E-state index in [0.717, 1.165) is 11.3 Å². The molecule has 106 valence electrons. The minimum atomic E-state index is -0.293. The normalized spacial score (nSPS) is 14.3. The highest BCUT2D eigenvalue weighted by Crippen LogP contribution is 2.32. The van der Waals surface area contributed by atoms with Crippen molar-refractivity contribution in [2.75, 3.05) is 5.32 Å². The van der Waals surface area contributed by atoms with Crippen molar-refractivity contribution in [3.8, 4) is 5.75 Å². The van der Waals surface area contributed by atoms with Crippen molar-refractivity contribution in [3.05, 3.63) is 23.8 Å². The number of nitrogens with one attached hydrogen (secondary N) is 1. The standard InChI is InChI=1S/C14H20N2O2.ClH/c15-13(17)9-2-5-10-4-1-8-12(14(10)18)16-11-6-3-7-11;/h1,4,8,11,16,18H,2-3,5-7,9H2,(H2,15,17);1H. The van der Waals surface area contributed by atoms with Crippen molar-refractivity contribution in [1.82, 2.24) is 0 Å². The Balaban J connectivity index is 0.00000180. The van der Waals surface area contributed by atoms with E-state index < -0.39 is 0 Å². The molecule has 0 saturated heterocycles. The highest BCUT2D eigenvalue weighted by atomic mass is 35.5. The summed E-state index contributed by atoms with van der Waals surface area (Å²) >= 11 is 0. The highest BCUT2D eigenvalue weighted by molar-refractivity contribution is 5.85. The van der Waals surface area contributed by atoms with Crippen molar-refractivity contribution in [3.63, 3.8) is 0 Å². The van der Waals surface area contributed by atoms with Crippen molar-refractivity contribution in [2.24, 2.45) is 5.73 Å². The zero-order valence-corrected chi connectivity index (χ0v) is 11.7. The maximum atomic E-state index is 10.7. The molecule has 1 fully saturated rings. The van der Waals surface area contributed by atoms with Gasteiger partial charge in [-0.15, -0.1) is 12.4 Å². The van der Waals surface area contributed by atoms with Crippen LogP contribution in [0.15, 0.2) is 18.2 Å². The number of aryl methyl sites for hydroxylation is 1. The summed E-state index contributed by atoms with van der Waals surface area (Å²) in [6, 6.07) is 6.21. The second-order valence-corrected chi connectivity index (χ2v) is 4.91. The molecule has 0 unspecified atom stereocenters. The van der Waals surface area contributed by atoms with E-state index in [1.165, 1.54) is 19.3 Å². The quantitative estimate of drug-likeness (QED) is 0.703. The lowest BCUT2D eigenvalue weighted by Gasteiger charge is -2.28. The number of primary amides is 1. The van der Waals surface area contributed by atoms with Crippen molar-refractivity contribution >= 4 is 24.0 Å². The van der Waals surface area contributed by atoms with Gasteiger partial charge >= 0.3 is 0 Å². The Kier molecular flexibility index (Phi) is 5.96. The molecule has 1 aliphatic carbocycles. The summed E-state index contributed by atoms with van der Waals surface area (Å²) in [7, 11) is 0. The molecular weight excluding hydrogens is 264 g/mol.